The van der Waals surface area contributed by atoms with Gasteiger partial charge in [0.2, 0.25) is 5.95 Å². The van der Waals surface area contributed by atoms with Gasteiger partial charge in [-0.1, -0.05) is 6.07 Å². The fraction of sp³-hybridized carbons (Fsp3) is 0.267. The molecule has 0 saturated carbocycles. The molecule has 2 aromatic rings. The van der Waals surface area contributed by atoms with Gasteiger partial charge in [-0.15, -0.1) is 0 Å². The van der Waals surface area contributed by atoms with Gasteiger partial charge < -0.3 is 10.2 Å². The molecule has 1 amide bonds. The number of benzene rings is 1. The molecule has 104 valence electrons. The van der Waals surface area contributed by atoms with E-state index in [0.29, 0.717) is 11.5 Å². The molecule has 0 radical (unpaired) electrons. The Bertz CT molecular complexity index is 600. The molecule has 2 rings (SSSR count). The van der Waals surface area contributed by atoms with E-state index in [1.54, 1.807) is 4.90 Å². The third-order valence-electron chi connectivity index (χ3n) is 2.78. The number of carbonyl (C=O) groups is 1. The van der Waals surface area contributed by atoms with Crippen LogP contribution < -0.4 is 10.2 Å². The zero-order valence-electron chi connectivity index (χ0n) is 12.1. The predicted molar refractivity (Wildman–Crippen MR) is 80.2 cm³/mol. The van der Waals surface area contributed by atoms with E-state index < -0.39 is 0 Å². The quantitative estimate of drug-likeness (QED) is 0.930. The van der Waals surface area contributed by atoms with Crippen LogP contribution in [0.5, 0.6) is 0 Å². The molecule has 0 unspecified atom stereocenters. The van der Waals surface area contributed by atoms with E-state index in [9.17, 15) is 4.79 Å². The van der Waals surface area contributed by atoms with Crippen molar-refractivity contribution in [1.82, 2.24) is 9.97 Å². The van der Waals surface area contributed by atoms with Crippen LogP contribution in [0.25, 0.3) is 0 Å². The summed E-state index contributed by atoms with van der Waals surface area (Å²) in [6.07, 6.45) is 3.06. The Morgan fingerprint density at radius 2 is 1.60 bits per heavy atom. The van der Waals surface area contributed by atoms with E-state index in [-0.39, 0.29) is 5.91 Å². The lowest BCUT2D eigenvalue weighted by Gasteiger charge is -2.10. The average molecular weight is 270 g/mol. The van der Waals surface area contributed by atoms with Crippen LogP contribution in [-0.4, -0.2) is 30.0 Å². The monoisotopic (exact) mass is 270 g/mol. The summed E-state index contributed by atoms with van der Waals surface area (Å²) >= 11 is 0. The van der Waals surface area contributed by atoms with E-state index in [1.807, 2.05) is 40.1 Å². The standard InChI is InChI=1S/C15H18N4O/c1-10-5-11(2)7-13(6-10)18-14(20)12-8-16-15(17-9-12)19(3)4/h5-9H,1-4H3,(H,18,20). The number of rotatable bonds is 3. The fourth-order valence-electron chi connectivity index (χ4n) is 1.92. The van der Waals surface area contributed by atoms with Gasteiger partial charge in [0, 0.05) is 32.2 Å². The lowest BCUT2D eigenvalue weighted by atomic mass is 10.1. The van der Waals surface area contributed by atoms with Gasteiger partial charge in [0.05, 0.1) is 5.56 Å². The van der Waals surface area contributed by atoms with Crippen LogP contribution in [0.4, 0.5) is 11.6 Å². The first-order chi connectivity index (χ1) is 9.45. The smallest absolute Gasteiger partial charge is 0.258 e. The first kappa shape index (κ1) is 14.0. The summed E-state index contributed by atoms with van der Waals surface area (Å²) in [6.45, 7) is 4.00. The highest BCUT2D eigenvalue weighted by molar-refractivity contribution is 6.04. The van der Waals surface area contributed by atoms with Crippen LogP contribution in [0.1, 0.15) is 21.5 Å². The normalized spacial score (nSPS) is 10.2. The summed E-state index contributed by atoms with van der Waals surface area (Å²) in [5, 5.41) is 2.86. The predicted octanol–water partition coefficient (Wildman–Crippen LogP) is 2.41. The minimum Gasteiger partial charge on any atom is -0.347 e. The molecule has 0 spiro atoms. The maximum absolute atomic E-state index is 12.1. The minimum atomic E-state index is -0.208. The van der Waals surface area contributed by atoms with Crippen molar-refractivity contribution < 1.29 is 4.79 Å². The van der Waals surface area contributed by atoms with Gasteiger partial charge in [-0.05, 0) is 37.1 Å². The summed E-state index contributed by atoms with van der Waals surface area (Å²) in [7, 11) is 3.70. The van der Waals surface area contributed by atoms with Crippen LogP contribution in [0, 0.1) is 13.8 Å². The van der Waals surface area contributed by atoms with Gasteiger partial charge in [0.25, 0.3) is 5.91 Å². The molecule has 1 aromatic carbocycles. The first-order valence-corrected chi connectivity index (χ1v) is 6.35. The van der Waals surface area contributed by atoms with Crippen LogP contribution >= 0.6 is 0 Å². The molecule has 1 N–H and O–H groups in total. The molecule has 0 aliphatic heterocycles. The van der Waals surface area contributed by atoms with Crippen LogP contribution in [0.2, 0.25) is 0 Å². The third kappa shape index (κ3) is 3.32. The van der Waals surface area contributed by atoms with Crippen molar-refractivity contribution in [1.29, 1.82) is 0 Å². The Morgan fingerprint density at radius 3 is 2.10 bits per heavy atom. The minimum absolute atomic E-state index is 0.208. The Kier molecular flexibility index (Phi) is 3.98. The van der Waals surface area contributed by atoms with Crippen LogP contribution in [-0.2, 0) is 0 Å². The molecule has 0 saturated heterocycles. The summed E-state index contributed by atoms with van der Waals surface area (Å²) in [6, 6.07) is 5.92. The topological polar surface area (TPSA) is 58.1 Å². The summed E-state index contributed by atoms with van der Waals surface area (Å²) in [5.74, 6) is 0.369. The zero-order chi connectivity index (χ0) is 14.7. The summed E-state index contributed by atoms with van der Waals surface area (Å²) in [4.78, 5) is 22.2. The second-order valence-corrected chi connectivity index (χ2v) is 5.00. The average Bonchev–Trinajstić information content (AvgIpc) is 2.37. The van der Waals surface area contributed by atoms with Crippen molar-refractivity contribution in [3.8, 4) is 0 Å². The molecule has 0 aliphatic rings. The van der Waals surface area contributed by atoms with Gasteiger partial charge in [-0.2, -0.15) is 0 Å². The largest absolute Gasteiger partial charge is 0.347 e. The number of nitrogens with one attached hydrogen (secondary N) is 1. The van der Waals surface area contributed by atoms with Gasteiger partial charge in [0.1, 0.15) is 0 Å². The van der Waals surface area contributed by atoms with Gasteiger partial charge >= 0.3 is 0 Å². The number of anilines is 2. The van der Waals surface area contributed by atoms with E-state index in [0.717, 1.165) is 16.8 Å². The lowest BCUT2D eigenvalue weighted by Crippen LogP contribution is -2.16. The number of hydrogen-bond donors (Lipinski definition) is 1. The molecule has 1 aromatic heterocycles. The first-order valence-electron chi connectivity index (χ1n) is 6.35. The van der Waals surface area contributed by atoms with Crippen molar-refractivity contribution in [3.63, 3.8) is 0 Å². The Hall–Kier alpha value is -2.43. The Morgan fingerprint density at radius 1 is 1.05 bits per heavy atom. The Labute approximate surface area is 118 Å². The molecule has 5 heteroatoms. The zero-order valence-corrected chi connectivity index (χ0v) is 12.1. The SMILES string of the molecule is Cc1cc(C)cc(NC(=O)c2cnc(N(C)C)nc2)c1. The molecular formula is C15H18N4O. The molecule has 1 heterocycles. The highest BCUT2D eigenvalue weighted by Gasteiger charge is 2.08. The number of amides is 1. The van der Waals surface area contributed by atoms with Gasteiger partial charge in [-0.3, -0.25) is 4.79 Å². The van der Waals surface area contributed by atoms with E-state index in [1.165, 1.54) is 12.4 Å². The third-order valence-corrected chi connectivity index (χ3v) is 2.78. The van der Waals surface area contributed by atoms with Crippen molar-refractivity contribution in [3.05, 3.63) is 47.3 Å². The number of carbonyl (C=O) groups excluding carboxylic acids is 1. The maximum atomic E-state index is 12.1. The molecule has 0 bridgehead atoms. The summed E-state index contributed by atoms with van der Waals surface area (Å²) in [5.41, 5.74) is 3.44. The molecule has 20 heavy (non-hydrogen) atoms. The van der Waals surface area contributed by atoms with Crippen molar-refractivity contribution in [2.24, 2.45) is 0 Å². The number of hydrogen-bond acceptors (Lipinski definition) is 4. The van der Waals surface area contributed by atoms with Crippen molar-refractivity contribution >= 4 is 17.5 Å². The fourth-order valence-corrected chi connectivity index (χ4v) is 1.92. The second kappa shape index (κ2) is 5.69. The van der Waals surface area contributed by atoms with Gasteiger partial charge in [0.15, 0.2) is 0 Å². The number of nitrogens with zero attached hydrogens (tertiary/aromatic N) is 3. The number of aromatic nitrogens is 2. The van der Waals surface area contributed by atoms with Gasteiger partial charge in [-0.25, -0.2) is 9.97 Å². The highest BCUT2D eigenvalue weighted by Crippen LogP contribution is 2.15. The molecule has 5 nitrogen and oxygen atoms in total. The van der Waals surface area contributed by atoms with E-state index in [4.69, 9.17) is 0 Å². The van der Waals surface area contributed by atoms with Crippen LogP contribution in [0.15, 0.2) is 30.6 Å². The van der Waals surface area contributed by atoms with E-state index in [2.05, 4.69) is 21.4 Å². The second-order valence-electron chi connectivity index (χ2n) is 5.00. The number of aryl methyl sites for hydroxylation is 2. The summed E-state index contributed by atoms with van der Waals surface area (Å²) < 4.78 is 0. The molecule has 0 aliphatic carbocycles. The van der Waals surface area contributed by atoms with Crippen molar-refractivity contribution in [2.45, 2.75) is 13.8 Å². The maximum Gasteiger partial charge on any atom is 0.258 e. The van der Waals surface area contributed by atoms with Crippen LogP contribution in [0.3, 0.4) is 0 Å². The highest BCUT2D eigenvalue weighted by atomic mass is 16.1. The lowest BCUT2D eigenvalue weighted by molar-refractivity contribution is 0.102. The molecule has 0 fully saturated rings. The Balaban J connectivity index is 2.15. The molecular weight excluding hydrogens is 252 g/mol. The van der Waals surface area contributed by atoms with Crippen molar-refractivity contribution in [2.75, 3.05) is 24.3 Å². The van der Waals surface area contributed by atoms with E-state index >= 15 is 0 Å². The molecule has 0 atom stereocenters.